The van der Waals surface area contributed by atoms with Crippen molar-refractivity contribution in [3.63, 3.8) is 0 Å². The predicted octanol–water partition coefficient (Wildman–Crippen LogP) is 4.55. The minimum Gasteiger partial charge on any atom is -0.279 e. The van der Waals surface area contributed by atoms with Crippen LogP contribution < -0.4 is 4.90 Å². The van der Waals surface area contributed by atoms with Gasteiger partial charge in [0.05, 0.1) is 22.9 Å². The summed E-state index contributed by atoms with van der Waals surface area (Å²) in [6.45, 7) is 0.244. The molecule has 0 aliphatic heterocycles. The number of amides is 1. The largest absolute Gasteiger partial charge is 0.279 e. The number of carbonyl (C=O) groups excluding carboxylic acids is 1. The maximum absolute atomic E-state index is 14.1. The van der Waals surface area contributed by atoms with E-state index in [1.807, 2.05) is 12.1 Å². The van der Waals surface area contributed by atoms with Crippen LogP contribution in [0.1, 0.15) is 21.5 Å². The van der Waals surface area contributed by atoms with E-state index in [0.29, 0.717) is 21.0 Å². The van der Waals surface area contributed by atoms with Gasteiger partial charge in [0.15, 0.2) is 5.13 Å². The van der Waals surface area contributed by atoms with E-state index in [-0.39, 0.29) is 18.0 Å². The van der Waals surface area contributed by atoms with Crippen molar-refractivity contribution in [1.82, 2.24) is 9.97 Å². The summed E-state index contributed by atoms with van der Waals surface area (Å²) in [7, 11) is 0. The Morgan fingerprint density at radius 1 is 1.14 bits per heavy atom. The second-order valence-corrected chi connectivity index (χ2v) is 7.03. The number of anilines is 1. The number of rotatable bonds is 4. The highest BCUT2D eigenvalue weighted by atomic mass is 32.1. The number of para-hydroxylation sites is 1. The Balaban J connectivity index is 1.77. The Morgan fingerprint density at radius 2 is 1.96 bits per heavy atom. The summed E-state index contributed by atoms with van der Waals surface area (Å²) in [6.07, 6.45) is 3.33. The van der Waals surface area contributed by atoms with Crippen molar-refractivity contribution in [1.29, 1.82) is 5.26 Å². The minimum atomic E-state index is -0.424. The Bertz CT molecular complexity index is 1180. The van der Waals surface area contributed by atoms with Crippen LogP contribution in [0.2, 0.25) is 0 Å². The summed E-state index contributed by atoms with van der Waals surface area (Å²) in [6, 6.07) is 16.8. The Morgan fingerprint density at radius 3 is 2.64 bits per heavy atom. The first kappa shape index (κ1) is 17.8. The monoisotopic (exact) mass is 388 g/mol. The molecule has 0 bridgehead atoms. The molecule has 0 radical (unpaired) electrons. The zero-order valence-electron chi connectivity index (χ0n) is 14.5. The molecule has 0 aliphatic rings. The number of hydrogen-bond acceptors (Lipinski definition) is 5. The molecular weight excluding hydrogens is 375 g/mol. The highest BCUT2D eigenvalue weighted by Gasteiger charge is 2.22. The van der Waals surface area contributed by atoms with E-state index in [1.165, 1.54) is 22.3 Å². The summed E-state index contributed by atoms with van der Waals surface area (Å²) >= 11 is 1.25. The summed E-state index contributed by atoms with van der Waals surface area (Å²) < 4.78 is 14.8. The molecule has 0 N–H and O–H groups in total. The molecule has 1 amide bonds. The maximum Gasteiger partial charge on any atom is 0.260 e. The molecule has 2 heterocycles. The summed E-state index contributed by atoms with van der Waals surface area (Å²) in [5.41, 5.74) is 1.95. The van der Waals surface area contributed by atoms with Gasteiger partial charge in [0.25, 0.3) is 5.91 Å². The molecule has 136 valence electrons. The summed E-state index contributed by atoms with van der Waals surface area (Å²) in [4.78, 5) is 23.2. The molecule has 0 aliphatic carbocycles. The van der Waals surface area contributed by atoms with Crippen molar-refractivity contribution in [3.8, 4) is 6.07 Å². The van der Waals surface area contributed by atoms with E-state index >= 15 is 0 Å². The molecule has 0 unspecified atom stereocenters. The number of halogens is 1. The van der Waals surface area contributed by atoms with Crippen LogP contribution in [0.3, 0.4) is 0 Å². The van der Waals surface area contributed by atoms with Crippen molar-refractivity contribution in [2.24, 2.45) is 0 Å². The molecule has 4 rings (SSSR count). The quantitative estimate of drug-likeness (QED) is 0.514. The van der Waals surface area contributed by atoms with E-state index in [9.17, 15) is 9.18 Å². The average molecular weight is 388 g/mol. The van der Waals surface area contributed by atoms with Gasteiger partial charge in [-0.1, -0.05) is 23.5 Å². The van der Waals surface area contributed by atoms with Gasteiger partial charge in [0.2, 0.25) is 0 Å². The van der Waals surface area contributed by atoms with Crippen LogP contribution in [0.15, 0.2) is 67.0 Å². The molecule has 7 heteroatoms. The molecule has 0 spiro atoms. The highest BCUT2D eigenvalue weighted by molar-refractivity contribution is 7.22. The van der Waals surface area contributed by atoms with Gasteiger partial charge in [-0.3, -0.25) is 14.7 Å². The lowest BCUT2D eigenvalue weighted by Crippen LogP contribution is -2.30. The van der Waals surface area contributed by atoms with Gasteiger partial charge in [-0.2, -0.15) is 5.26 Å². The van der Waals surface area contributed by atoms with Crippen LogP contribution in [0.4, 0.5) is 9.52 Å². The van der Waals surface area contributed by atoms with Crippen molar-refractivity contribution in [2.45, 2.75) is 6.54 Å². The van der Waals surface area contributed by atoms with Gasteiger partial charge in [0.1, 0.15) is 11.3 Å². The maximum atomic E-state index is 14.1. The van der Waals surface area contributed by atoms with E-state index in [1.54, 1.807) is 54.9 Å². The number of hydrogen-bond donors (Lipinski definition) is 0. The normalized spacial score (nSPS) is 10.6. The number of fused-ring (bicyclic) bond motifs is 1. The summed E-state index contributed by atoms with van der Waals surface area (Å²) in [5, 5.41) is 9.36. The third-order valence-corrected chi connectivity index (χ3v) is 5.20. The number of thiazole rings is 1. The lowest BCUT2D eigenvalue weighted by atomic mass is 10.1. The third kappa shape index (κ3) is 3.46. The predicted molar refractivity (Wildman–Crippen MR) is 105 cm³/mol. The number of carbonyl (C=O) groups is 1. The van der Waals surface area contributed by atoms with Gasteiger partial charge >= 0.3 is 0 Å². The number of nitrogens with zero attached hydrogens (tertiary/aromatic N) is 4. The smallest absolute Gasteiger partial charge is 0.260 e. The van der Waals surface area contributed by atoms with Crippen LogP contribution in [0, 0.1) is 17.1 Å². The first-order chi connectivity index (χ1) is 13.7. The Kier molecular flexibility index (Phi) is 4.79. The average Bonchev–Trinajstić information content (AvgIpc) is 3.18. The molecule has 2 aromatic heterocycles. The highest BCUT2D eigenvalue weighted by Crippen LogP contribution is 2.32. The van der Waals surface area contributed by atoms with Crippen LogP contribution in [-0.4, -0.2) is 15.9 Å². The molecule has 28 heavy (non-hydrogen) atoms. The van der Waals surface area contributed by atoms with Gasteiger partial charge in [-0.25, -0.2) is 9.37 Å². The Hall–Kier alpha value is -3.63. The number of nitriles is 1. The van der Waals surface area contributed by atoms with E-state index in [4.69, 9.17) is 5.26 Å². The Labute approximate surface area is 164 Å². The molecule has 0 saturated heterocycles. The molecule has 5 nitrogen and oxygen atoms in total. The fourth-order valence-corrected chi connectivity index (χ4v) is 3.74. The van der Waals surface area contributed by atoms with Crippen LogP contribution in [0.5, 0.6) is 0 Å². The van der Waals surface area contributed by atoms with Crippen LogP contribution >= 0.6 is 11.3 Å². The SMILES string of the molecule is N#Cc1ccc(C(=O)N(Cc2cccnc2)c2nc3c(F)cccc3s2)cc1. The minimum absolute atomic E-state index is 0.242. The van der Waals surface area contributed by atoms with Crippen molar-refractivity contribution in [2.75, 3.05) is 4.90 Å². The van der Waals surface area contributed by atoms with Crippen molar-refractivity contribution >= 4 is 32.6 Å². The number of aromatic nitrogens is 2. The van der Waals surface area contributed by atoms with Gasteiger partial charge < -0.3 is 0 Å². The molecular formula is C21H13FN4OS. The first-order valence-electron chi connectivity index (χ1n) is 8.41. The van der Waals surface area contributed by atoms with Crippen LogP contribution in [0.25, 0.3) is 10.2 Å². The molecule has 0 saturated carbocycles. The fourth-order valence-electron chi connectivity index (χ4n) is 2.76. The van der Waals surface area contributed by atoms with E-state index < -0.39 is 5.82 Å². The van der Waals surface area contributed by atoms with E-state index in [0.717, 1.165) is 5.56 Å². The van der Waals surface area contributed by atoms with Crippen molar-refractivity contribution in [3.05, 3.63) is 89.5 Å². The topological polar surface area (TPSA) is 69.9 Å². The molecule has 4 aromatic rings. The lowest BCUT2D eigenvalue weighted by molar-refractivity contribution is 0.0985. The van der Waals surface area contributed by atoms with Gasteiger partial charge in [-0.05, 0) is 48.0 Å². The third-order valence-electron chi connectivity index (χ3n) is 4.16. The summed E-state index contributed by atoms with van der Waals surface area (Å²) in [5.74, 6) is -0.708. The molecule has 2 aromatic carbocycles. The molecule has 0 fully saturated rings. The first-order valence-corrected chi connectivity index (χ1v) is 9.23. The van der Waals surface area contributed by atoms with Crippen molar-refractivity contribution < 1.29 is 9.18 Å². The van der Waals surface area contributed by atoms with Gasteiger partial charge in [0, 0.05) is 18.0 Å². The fraction of sp³-hybridized carbons (Fsp3) is 0.0476. The van der Waals surface area contributed by atoms with Crippen LogP contribution in [-0.2, 0) is 6.54 Å². The lowest BCUT2D eigenvalue weighted by Gasteiger charge is -2.20. The molecule has 0 atom stereocenters. The second-order valence-electron chi connectivity index (χ2n) is 6.02. The zero-order chi connectivity index (χ0) is 19.5. The van der Waals surface area contributed by atoms with E-state index in [2.05, 4.69) is 9.97 Å². The standard InChI is InChI=1S/C21H13FN4OS/c22-17-4-1-5-18-19(17)25-21(28-18)26(13-15-3-2-10-24-12-15)20(27)16-8-6-14(11-23)7-9-16/h1-10,12H,13H2. The number of benzene rings is 2. The number of pyridine rings is 1. The van der Waals surface area contributed by atoms with Gasteiger partial charge in [-0.15, -0.1) is 0 Å². The second kappa shape index (κ2) is 7.55. The zero-order valence-corrected chi connectivity index (χ0v) is 15.4.